The Labute approximate surface area is 175 Å². The van der Waals surface area contributed by atoms with E-state index in [2.05, 4.69) is 31.2 Å². The van der Waals surface area contributed by atoms with Crippen LogP contribution in [-0.2, 0) is 15.3 Å². The highest BCUT2D eigenvalue weighted by Gasteiger charge is 2.10. The van der Waals surface area contributed by atoms with E-state index in [1.54, 1.807) is 18.2 Å². The van der Waals surface area contributed by atoms with E-state index in [9.17, 15) is 9.59 Å². The Balaban J connectivity index is 1.83. The number of benzene rings is 2. The third kappa shape index (κ3) is 6.90. The van der Waals surface area contributed by atoms with Crippen LogP contribution in [0.5, 0.6) is 11.5 Å². The first-order valence-corrected chi connectivity index (χ1v) is 10.0. The number of rotatable bonds is 8. The minimum absolute atomic E-state index is 0.203. The van der Waals surface area contributed by atoms with Crippen molar-refractivity contribution in [3.05, 3.63) is 58.1 Å². The number of ether oxygens (including phenoxy) is 3. The maximum absolute atomic E-state index is 11.9. The molecule has 9 heteroatoms. The Morgan fingerprint density at radius 1 is 1.18 bits per heavy atom. The summed E-state index contributed by atoms with van der Waals surface area (Å²) in [6.45, 7) is 0. The number of amides is 1. The molecule has 0 fully saturated rings. The number of hydrogen-bond donors (Lipinski definition) is 1. The number of thioether (sulfide) groups is 1. The molecule has 2 aromatic carbocycles. The molecule has 0 atom stereocenters. The summed E-state index contributed by atoms with van der Waals surface area (Å²) in [5.41, 5.74) is 4.27. The molecular weight excluding hydrogens is 448 g/mol. The molecule has 1 N–H and O–H groups in total. The van der Waals surface area contributed by atoms with Crippen molar-refractivity contribution in [1.29, 1.82) is 0 Å². The molecule has 28 heavy (non-hydrogen) atoms. The van der Waals surface area contributed by atoms with Crippen molar-refractivity contribution in [3.63, 3.8) is 0 Å². The van der Waals surface area contributed by atoms with Crippen LogP contribution in [0.4, 0.5) is 4.79 Å². The van der Waals surface area contributed by atoms with Crippen molar-refractivity contribution in [2.45, 2.75) is 5.75 Å². The summed E-state index contributed by atoms with van der Waals surface area (Å²) in [7, 11) is 2.67. The number of methoxy groups -OCH3 is 2. The Bertz CT molecular complexity index is 860. The Hall–Kier alpha value is -2.52. The van der Waals surface area contributed by atoms with Gasteiger partial charge in [-0.05, 0) is 35.4 Å². The molecule has 0 saturated carbocycles. The van der Waals surface area contributed by atoms with Crippen LogP contribution < -0.4 is 14.9 Å². The lowest BCUT2D eigenvalue weighted by Crippen LogP contribution is -2.19. The van der Waals surface area contributed by atoms with Crippen LogP contribution in [0, 0.1) is 0 Å². The first kappa shape index (κ1) is 21.8. The fraction of sp³-hybridized carbons (Fsp3) is 0.211. The van der Waals surface area contributed by atoms with Crippen LogP contribution in [0.1, 0.15) is 11.1 Å². The normalized spacial score (nSPS) is 10.5. The topological polar surface area (TPSA) is 86.2 Å². The number of halogens is 1. The van der Waals surface area contributed by atoms with E-state index < -0.39 is 6.16 Å². The summed E-state index contributed by atoms with van der Waals surface area (Å²) < 4.78 is 15.6. The zero-order chi connectivity index (χ0) is 20.4. The summed E-state index contributed by atoms with van der Waals surface area (Å²) in [5.74, 6) is 1.36. The lowest BCUT2D eigenvalue weighted by atomic mass is 10.2. The minimum Gasteiger partial charge on any atom is -0.493 e. The van der Waals surface area contributed by atoms with E-state index in [4.69, 9.17) is 9.47 Å². The van der Waals surface area contributed by atoms with Gasteiger partial charge in [0.2, 0.25) is 5.91 Å². The average Bonchev–Trinajstić information content (AvgIpc) is 2.70. The number of hydrazone groups is 1. The number of carbonyl (C=O) groups is 2. The highest BCUT2D eigenvalue weighted by atomic mass is 79.9. The summed E-state index contributed by atoms with van der Waals surface area (Å²) in [4.78, 5) is 23.1. The average molecular weight is 467 g/mol. The van der Waals surface area contributed by atoms with Crippen molar-refractivity contribution in [2.24, 2.45) is 5.10 Å². The third-order valence-corrected chi connectivity index (χ3v) is 5.15. The Morgan fingerprint density at radius 2 is 1.96 bits per heavy atom. The highest BCUT2D eigenvalue weighted by molar-refractivity contribution is 9.10. The van der Waals surface area contributed by atoms with Crippen LogP contribution >= 0.6 is 27.7 Å². The fourth-order valence-electron chi connectivity index (χ4n) is 2.06. The molecule has 0 bridgehead atoms. The maximum Gasteiger partial charge on any atom is 0.513 e. The van der Waals surface area contributed by atoms with Gasteiger partial charge >= 0.3 is 6.16 Å². The van der Waals surface area contributed by atoms with Gasteiger partial charge in [-0.25, -0.2) is 10.2 Å². The predicted molar refractivity (Wildman–Crippen MR) is 112 cm³/mol. The van der Waals surface area contributed by atoms with Crippen LogP contribution in [0.2, 0.25) is 0 Å². The second kappa shape index (κ2) is 11.4. The van der Waals surface area contributed by atoms with Crippen LogP contribution in [0.25, 0.3) is 0 Å². The second-order valence-corrected chi connectivity index (χ2v) is 7.18. The molecule has 0 heterocycles. The molecule has 1 amide bonds. The first-order chi connectivity index (χ1) is 13.5. The standard InChI is InChI=1S/C19H19BrN2O5S/c1-25-17-9-13(7-8-16(17)27-19(24)26-2)10-21-22-18(23)12-28-11-14-5-3-4-6-15(14)20/h3-10H,11-12H2,1-2H3,(H,22,23)/b21-10-. The van der Waals surface area contributed by atoms with Crippen LogP contribution in [0.3, 0.4) is 0 Å². The van der Waals surface area contributed by atoms with Crippen molar-refractivity contribution in [1.82, 2.24) is 5.43 Å². The first-order valence-electron chi connectivity index (χ1n) is 8.10. The van der Waals surface area contributed by atoms with Gasteiger partial charge in [0.15, 0.2) is 11.5 Å². The lowest BCUT2D eigenvalue weighted by Gasteiger charge is -2.08. The van der Waals surface area contributed by atoms with Gasteiger partial charge in [-0.1, -0.05) is 34.1 Å². The molecule has 2 aromatic rings. The van der Waals surface area contributed by atoms with E-state index in [1.807, 2.05) is 24.3 Å². The molecule has 0 aliphatic heterocycles. The van der Waals surface area contributed by atoms with Gasteiger partial charge in [-0.15, -0.1) is 11.8 Å². The monoisotopic (exact) mass is 466 g/mol. The molecule has 148 valence electrons. The molecule has 0 unspecified atom stereocenters. The molecule has 0 aromatic heterocycles. The van der Waals surface area contributed by atoms with E-state index >= 15 is 0 Å². The van der Waals surface area contributed by atoms with Gasteiger partial charge in [0.1, 0.15) is 0 Å². The van der Waals surface area contributed by atoms with Gasteiger partial charge in [-0.3, -0.25) is 4.79 Å². The second-order valence-electron chi connectivity index (χ2n) is 5.34. The lowest BCUT2D eigenvalue weighted by molar-refractivity contribution is -0.118. The number of hydrogen-bond acceptors (Lipinski definition) is 7. The molecule has 0 spiro atoms. The minimum atomic E-state index is -0.841. The van der Waals surface area contributed by atoms with Crippen LogP contribution in [-0.4, -0.2) is 38.2 Å². The summed E-state index contributed by atoms with van der Waals surface area (Å²) in [5, 5.41) is 3.93. The van der Waals surface area contributed by atoms with Crippen molar-refractivity contribution >= 4 is 46.0 Å². The number of nitrogens with one attached hydrogen (secondary N) is 1. The van der Waals surface area contributed by atoms with Gasteiger partial charge in [0.05, 0.1) is 26.2 Å². The largest absolute Gasteiger partial charge is 0.513 e. The summed E-state index contributed by atoms with van der Waals surface area (Å²) >= 11 is 4.98. The molecule has 2 rings (SSSR count). The van der Waals surface area contributed by atoms with E-state index in [0.717, 1.165) is 15.8 Å². The molecule has 0 aliphatic rings. The van der Waals surface area contributed by atoms with E-state index in [-0.39, 0.29) is 17.4 Å². The third-order valence-electron chi connectivity index (χ3n) is 3.40. The zero-order valence-electron chi connectivity index (χ0n) is 15.3. The van der Waals surface area contributed by atoms with Crippen molar-refractivity contribution in [3.8, 4) is 11.5 Å². The van der Waals surface area contributed by atoms with Crippen molar-refractivity contribution in [2.75, 3.05) is 20.0 Å². The summed E-state index contributed by atoms with van der Waals surface area (Å²) in [6, 6.07) is 12.7. The Kier molecular flexibility index (Phi) is 8.83. The molecular formula is C19H19BrN2O5S. The van der Waals surface area contributed by atoms with Gasteiger partial charge in [0, 0.05) is 10.2 Å². The summed E-state index contributed by atoms with van der Waals surface area (Å²) in [6.07, 6.45) is 0.632. The van der Waals surface area contributed by atoms with Gasteiger partial charge in [-0.2, -0.15) is 5.10 Å². The van der Waals surface area contributed by atoms with Crippen molar-refractivity contribution < 1.29 is 23.8 Å². The highest BCUT2D eigenvalue weighted by Crippen LogP contribution is 2.28. The molecule has 7 nitrogen and oxygen atoms in total. The predicted octanol–water partition coefficient (Wildman–Crippen LogP) is 3.99. The smallest absolute Gasteiger partial charge is 0.493 e. The number of carbonyl (C=O) groups excluding carboxylic acids is 2. The number of nitrogens with zero attached hydrogens (tertiary/aromatic N) is 1. The van der Waals surface area contributed by atoms with Gasteiger partial charge in [0.25, 0.3) is 0 Å². The van der Waals surface area contributed by atoms with E-state index in [0.29, 0.717) is 11.3 Å². The van der Waals surface area contributed by atoms with Gasteiger partial charge < -0.3 is 14.2 Å². The quantitative estimate of drug-likeness (QED) is 0.274. The Morgan fingerprint density at radius 3 is 2.68 bits per heavy atom. The SMILES string of the molecule is COC(=O)Oc1ccc(/C=N\NC(=O)CSCc2ccccc2Br)cc1OC. The zero-order valence-corrected chi connectivity index (χ0v) is 17.7. The molecule has 0 aliphatic carbocycles. The molecule has 0 saturated heterocycles. The molecule has 0 radical (unpaired) electrons. The fourth-order valence-corrected chi connectivity index (χ4v) is 3.49. The van der Waals surface area contributed by atoms with Crippen LogP contribution in [0.15, 0.2) is 52.0 Å². The maximum atomic E-state index is 11.9. The van der Waals surface area contributed by atoms with E-state index in [1.165, 1.54) is 32.2 Å².